The van der Waals surface area contributed by atoms with Crippen molar-refractivity contribution in [3.05, 3.63) is 76.4 Å². The molecule has 1 aromatic heterocycles. The van der Waals surface area contributed by atoms with Gasteiger partial charge in [-0.3, -0.25) is 5.32 Å². The molecule has 0 aliphatic heterocycles. The third kappa shape index (κ3) is 6.81. The number of carbonyl (C=O) groups is 1. The van der Waals surface area contributed by atoms with E-state index in [2.05, 4.69) is 20.5 Å². The van der Waals surface area contributed by atoms with E-state index < -0.39 is 10.0 Å². The van der Waals surface area contributed by atoms with Gasteiger partial charge in [0.05, 0.1) is 11.4 Å². The van der Waals surface area contributed by atoms with Gasteiger partial charge < -0.3 is 5.32 Å². The number of anilines is 1. The van der Waals surface area contributed by atoms with Gasteiger partial charge >= 0.3 is 6.03 Å². The smallest absolute Gasteiger partial charge is 0.320 e. The van der Waals surface area contributed by atoms with Crippen LogP contribution in [0.25, 0.3) is 5.69 Å². The lowest BCUT2D eigenvalue weighted by Gasteiger charge is -2.10. The number of amides is 2. The first-order valence-electron chi connectivity index (χ1n) is 10.1. The maximum atomic E-state index is 12.3. The van der Waals surface area contributed by atoms with E-state index in [9.17, 15) is 13.2 Å². The van der Waals surface area contributed by atoms with Crippen LogP contribution in [0.3, 0.4) is 0 Å². The molecule has 1 heterocycles. The van der Waals surface area contributed by atoms with Gasteiger partial charge in [0.25, 0.3) is 0 Å². The highest BCUT2D eigenvalue weighted by atomic mass is 35.5. The van der Waals surface area contributed by atoms with Crippen LogP contribution in [0.1, 0.15) is 30.5 Å². The average molecular weight is 476 g/mol. The summed E-state index contributed by atoms with van der Waals surface area (Å²) in [5, 5.41) is 10.6. The number of urea groups is 1. The number of sulfonamides is 1. The molecule has 0 fully saturated rings. The Hall–Kier alpha value is -2.88. The first-order valence-corrected chi connectivity index (χ1v) is 12.1. The number of benzene rings is 2. The molecule has 32 heavy (non-hydrogen) atoms. The topological polar surface area (TPSA) is 105 Å². The monoisotopic (exact) mass is 475 g/mol. The van der Waals surface area contributed by atoms with Gasteiger partial charge in [-0.05, 0) is 56.2 Å². The zero-order chi connectivity index (χ0) is 23.3. The van der Waals surface area contributed by atoms with Gasteiger partial charge in [0.1, 0.15) is 0 Å². The molecule has 3 N–H and O–H groups in total. The second-order valence-electron chi connectivity index (χ2n) is 7.74. The number of hydrogen-bond donors (Lipinski definition) is 3. The van der Waals surface area contributed by atoms with Crippen molar-refractivity contribution in [1.82, 2.24) is 19.8 Å². The quantitative estimate of drug-likeness (QED) is 0.458. The Kier molecular flexibility index (Phi) is 7.55. The van der Waals surface area contributed by atoms with Crippen LogP contribution in [0.2, 0.25) is 5.02 Å². The molecular weight excluding hydrogens is 450 g/mol. The zero-order valence-corrected chi connectivity index (χ0v) is 19.7. The summed E-state index contributed by atoms with van der Waals surface area (Å²) in [4.78, 5) is 12.3. The fraction of sp³-hybridized carbons (Fsp3) is 0.273. The summed E-state index contributed by atoms with van der Waals surface area (Å²) < 4.78 is 28.3. The average Bonchev–Trinajstić information content (AvgIpc) is 3.07. The Morgan fingerprint density at radius 2 is 1.69 bits per heavy atom. The summed E-state index contributed by atoms with van der Waals surface area (Å²) in [6.45, 7) is 5.71. The standard InChI is InChI=1S/C22H26ClN5O3S/c1-15(2)27-32(30,31)14-18-6-4-17(5-7-18)12-24-22(29)25-21-16(3)13-28(26-21)20-10-8-19(23)9-11-20/h4-11,13,15,27H,12,14H2,1-3H3,(H2,24,25,26,29). The Morgan fingerprint density at radius 1 is 1.06 bits per heavy atom. The number of hydrogen-bond acceptors (Lipinski definition) is 4. The number of rotatable bonds is 8. The van der Waals surface area contributed by atoms with E-state index in [0.29, 0.717) is 22.9 Å². The second-order valence-corrected chi connectivity index (χ2v) is 9.93. The van der Waals surface area contributed by atoms with Crippen molar-refractivity contribution in [3.63, 3.8) is 0 Å². The third-order valence-electron chi connectivity index (χ3n) is 4.47. The Morgan fingerprint density at radius 3 is 2.31 bits per heavy atom. The van der Waals surface area contributed by atoms with E-state index in [4.69, 9.17) is 11.6 Å². The van der Waals surface area contributed by atoms with E-state index in [1.807, 2.05) is 25.3 Å². The van der Waals surface area contributed by atoms with E-state index in [1.165, 1.54) is 0 Å². The van der Waals surface area contributed by atoms with Crippen LogP contribution in [0.5, 0.6) is 0 Å². The SMILES string of the molecule is Cc1cn(-c2ccc(Cl)cc2)nc1NC(=O)NCc1ccc(CS(=O)(=O)NC(C)C)cc1. The minimum absolute atomic E-state index is 0.0884. The molecule has 10 heteroatoms. The molecule has 0 radical (unpaired) electrons. The van der Waals surface area contributed by atoms with Gasteiger partial charge in [-0.2, -0.15) is 0 Å². The number of nitrogens with zero attached hydrogens (tertiary/aromatic N) is 2. The maximum Gasteiger partial charge on any atom is 0.320 e. The molecule has 0 aliphatic carbocycles. The largest absolute Gasteiger partial charge is 0.334 e. The van der Waals surface area contributed by atoms with Crippen molar-refractivity contribution in [1.29, 1.82) is 0 Å². The van der Waals surface area contributed by atoms with E-state index >= 15 is 0 Å². The third-order valence-corrected chi connectivity index (χ3v) is 6.26. The van der Waals surface area contributed by atoms with Crippen molar-refractivity contribution in [2.75, 3.05) is 5.32 Å². The van der Waals surface area contributed by atoms with Gasteiger partial charge in [0.2, 0.25) is 10.0 Å². The molecule has 3 rings (SSSR count). The molecule has 0 aliphatic rings. The molecule has 0 unspecified atom stereocenters. The van der Waals surface area contributed by atoms with Crippen molar-refractivity contribution in [2.45, 2.75) is 39.1 Å². The minimum Gasteiger partial charge on any atom is -0.334 e. The van der Waals surface area contributed by atoms with Gasteiger partial charge in [0.15, 0.2) is 5.82 Å². The Balaban J connectivity index is 1.54. The van der Waals surface area contributed by atoms with Crippen LogP contribution in [0.15, 0.2) is 54.7 Å². The van der Waals surface area contributed by atoms with Crippen LogP contribution in [0, 0.1) is 6.92 Å². The van der Waals surface area contributed by atoms with E-state index in [-0.39, 0.29) is 17.8 Å². The van der Waals surface area contributed by atoms with Crippen molar-refractivity contribution in [2.24, 2.45) is 0 Å². The fourth-order valence-corrected chi connectivity index (χ4v) is 4.58. The summed E-state index contributed by atoms with van der Waals surface area (Å²) in [5.41, 5.74) is 3.17. The molecule has 0 saturated heterocycles. The summed E-state index contributed by atoms with van der Waals surface area (Å²) in [6.07, 6.45) is 1.82. The maximum absolute atomic E-state index is 12.3. The molecule has 2 aromatic carbocycles. The Labute approximate surface area is 193 Å². The highest BCUT2D eigenvalue weighted by Gasteiger charge is 2.13. The molecule has 0 atom stereocenters. The number of halogens is 1. The highest BCUT2D eigenvalue weighted by molar-refractivity contribution is 7.88. The highest BCUT2D eigenvalue weighted by Crippen LogP contribution is 2.18. The van der Waals surface area contributed by atoms with E-state index in [0.717, 1.165) is 16.8 Å². The molecular formula is C22H26ClN5O3S. The zero-order valence-electron chi connectivity index (χ0n) is 18.1. The van der Waals surface area contributed by atoms with Crippen molar-refractivity contribution in [3.8, 4) is 5.69 Å². The fourth-order valence-electron chi connectivity index (χ4n) is 3.02. The number of aromatic nitrogens is 2. The van der Waals surface area contributed by atoms with Gasteiger partial charge in [-0.25, -0.2) is 22.6 Å². The normalized spacial score (nSPS) is 11.5. The number of aryl methyl sites for hydroxylation is 1. The minimum atomic E-state index is -3.38. The lowest BCUT2D eigenvalue weighted by molar-refractivity contribution is 0.251. The molecule has 0 saturated carbocycles. The lowest BCUT2D eigenvalue weighted by Crippen LogP contribution is -2.31. The van der Waals surface area contributed by atoms with Crippen LogP contribution in [0.4, 0.5) is 10.6 Å². The summed E-state index contributed by atoms with van der Waals surface area (Å²) >= 11 is 5.92. The van der Waals surface area contributed by atoms with Crippen molar-refractivity contribution < 1.29 is 13.2 Å². The Bertz CT molecular complexity index is 1170. The van der Waals surface area contributed by atoms with Crippen LogP contribution in [-0.2, 0) is 22.3 Å². The molecule has 170 valence electrons. The van der Waals surface area contributed by atoms with Gasteiger partial charge in [-0.1, -0.05) is 35.9 Å². The lowest BCUT2D eigenvalue weighted by atomic mass is 10.1. The predicted molar refractivity (Wildman–Crippen MR) is 127 cm³/mol. The van der Waals surface area contributed by atoms with E-state index in [1.54, 1.807) is 54.9 Å². The first-order chi connectivity index (χ1) is 15.1. The molecule has 2 amide bonds. The second kappa shape index (κ2) is 10.2. The van der Waals surface area contributed by atoms with Crippen LogP contribution in [-0.4, -0.2) is 30.3 Å². The predicted octanol–water partition coefficient (Wildman–Crippen LogP) is 3.98. The molecule has 0 bridgehead atoms. The first kappa shape index (κ1) is 23.8. The van der Waals surface area contributed by atoms with Crippen LogP contribution >= 0.6 is 11.6 Å². The number of carbonyl (C=O) groups excluding carboxylic acids is 1. The molecule has 3 aromatic rings. The van der Waals surface area contributed by atoms with Gasteiger partial charge in [0, 0.05) is 29.4 Å². The molecule has 8 nitrogen and oxygen atoms in total. The van der Waals surface area contributed by atoms with Crippen LogP contribution < -0.4 is 15.4 Å². The summed E-state index contributed by atoms with van der Waals surface area (Å²) in [7, 11) is -3.38. The van der Waals surface area contributed by atoms with Crippen molar-refractivity contribution >= 4 is 33.5 Å². The van der Waals surface area contributed by atoms with Gasteiger partial charge in [-0.15, -0.1) is 5.10 Å². The summed E-state index contributed by atoms with van der Waals surface area (Å²) in [6, 6.07) is 13.8. The number of nitrogens with one attached hydrogen (secondary N) is 3. The summed E-state index contributed by atoms with van der Waals surface area (Å²) in [5.74, 6) is 0.366. The molecule has 0 spiro atoms.